The van der Waals surface area contributed by atoms with Gasteiger partial charge in [-0.15, -0.1) is 12.4 Å². The Morgan fingerprint density at radius 3 is 2.67 bits per heavy atom. The first-order valence-electron chi connectivity index (χ1n) is 7.93. The second-order valence-electron chi connectivity index (χ2n) is 6.01. The largest absolute Gasteiger partial charge is 0.364 e. The summed E-state index contributed by atoms with van der Waals surface area (Å²) in [5.74, 6) is 0.0112. The molecule has 8 nitrogen and oxygen atoms in total. The van der Waals surface area contributed by atoms with E-state index in [0.717, 1.165) is 25.9 Å². The van der Waals surface area contributed by atoms with E-state index in [2.05, 4.69) is 15.0 Å². The summed E-state index contributed by atoms with van der Waals surface area (Å²) in [6.07, 6.45) is 3.29. The highest BCUT2D eigenvalue weighted by atomic mass is 35.5. The highest BCUT2D eigenvalue weighted by molar-refractivity contribution is 7.88. The number of piperidine rings is 1. The molecule has 3 heterocycles. The molecule has 0 bridgehead atoms. The van der Waals surface area contributed by atoms with Crippen molar-refractivity contribution in [2.45, 2.75) is 18.6 Å². The van der Waals surface area contributed by atoms with E-state index in [9.17, 15) is 13.2 Å². The number of piperazine rings is 1. The van der Waals surface area contributed by atoms with Gasteiger partial charge in [-0.25, -0.2) is 8.42 Å². The standard InChI is InChI=1S/C14H22N4O4S.ClH/c19-14(12-2-1-4-15-10-12)17-5-7-18(8-6-17)23(20,21)11-13-3-9-22-16-13;/h3,9,12,15H,1-2,4-8,10-11H2;1H. The van der Waals surface area contributed by atoms with Crippen molar-refractivity contribution in [3.8, 4) is 0 Å². The molecule has 1 amide bonds. The molecule has 2 aliphatic rings. The van der Waals surface area contributed by atoms with Gasteiger partial charge in [0.1, 0.15) is 12.0 Å². The number of nitrogens with zero attached hydrogens (tertiary/aromatic N) is 3. The van der Waals surface area contributed by atoms with Gasteiger partial charge in [0.2, 0.25) is 15.9 Å². The first-order chi connectivity index (χ1) is 11.1. The summed E-state index contributed by atoms with van der Waals surface area (Å²) in [7, 11) is -3.42. The van der Waals surface area contributed by atoms with Crippen LogP contribution >= 0.6 is 12.4 Å². The Bertz CT molecular complexity index is 623. The van der Waals surface area contributed by atoms with Crippen LogP contribution in [0.1, 0.15) is 18.5 Å². The van der Waals surface area contributed by atoms with Crippen LogP contribution in [0.5, 0.6) is 0 Å². The Kier molecular flexibility index (Phi) is 6.62. The first kappa shape index (κ1) is 19.2. The van der Waals surface area contributed by atoms with Crippen molar-refractivity contribution >= 4 is 28.3 Å². The van der Waals surface area contributed by atoms with E-state index in [1.165, 1.54) is 10.6 Å². The van der Waals surface area contributed by atoms with E-state index in [1.54, 1.807) is 11.0 Å². The second kappa shape index (κ2) is 8.28. The fourth-order valence-electron chi connectivity index (χ4n) is 3.10. The Morgan fingerprint density at radius 1 is 1.33 bits per heavy atom. The molecule has 0 aliphatic carbocycles. The molecule has 10 heteroatoms. The lowest BCUT2D eigenvalue weighted by molar-refractivity contribution is -0.137. The van der Waals surface area contributed by atoms with E-state index >= 15 is 0 Å². The predicted octanol–water partition coefficient (Wildman–Crippen LogP) is 0.0700. The molecule has 2 saturated heterocycles. The zero-order chi connectivity index (χ0) is 16.3. The van der Waals surface area contributed by atoms with E-state index in [1.807, 2.05) is 0 Å². The third-order valence-electron chi connectivity index (χ3n) is 4.41. The van der Waals surface area contributed by atoms with Crippen LogP contribution in [0.3, 0.4) is 0 Å². The molecule has 1 aromatic heterocycles. The van der Waals surface area contributed by atoms with Gasteiger partial charge in [0.15, 0.2) is 0 Å². The van der Waals surface area contributed by atoms with Crippen LogP contribution < -0.4 is 5.32 Å². The lowest BCUT2D eigenvalue weighted by Crippen LogP contribution is -2.53. The van der Waals surface area contributed by atoms with Gasteiger partial charge in [0, 0.05) is 38.8 Å². The van der Waals surface area contributed by atoms with Crippen molar-refractivity contribution in [2.24, 2.45) is 5.92 Å². The average Bonchev–Trinajstić information content (AvgIpc) is 3.07. The number of hydrogen-bond donors (Lipinski definition) is 1. The van der Waals surface area contributed by atoms with Gasteiger partial charge in [0.25, 0.3) is 0 Å². The molecule has 136 valence electrons. The van der Waals surface area contributed by atoms with Gasteiger partial charge in [-0.3, -0.25) is 4.79 Å². The molecule has 1 atom stereocenters. The number of aromatic nitrogens is 1. The van der Waals surface area contributed by atoms with Gasteiger partial charge in [0.05, 0.1) is 11.6 Å². The van der Waals surface area contributed by atoms with Gasteiger partial charge >= 0.3 is 0 Å². The number of carbonyl (C=O) groups is 1. The van der Waals surface area contributed by atoms with E-state index in [-0.39, 0.29) is 30.0 Å². The van der Waals surface area contributed by atoms with Crippen LogP contribution in [0.2, 0.25) is 0 Å². The number of sulfonamides is 1. The van der Waals surface area contributed by atoms with Gasteiger partial charge in [-0.2, -0.15) is 4.31 Å². The normalized spacial score (nSPS) is 22.8. The summed E-state index contributed by atoms with van der Waals surface area (Å²) < 4.78 is 30.8. The fourth-order valence-corrected chi connectivity index (χ4v) is 4.52. The quantitative estimate of drug-likeness (QED) is 0.796. The summed E-state index contributed by atoms with van der Waals surface area (Å²) in [5.41, 5.74) is 0.400. The van der Waals surface area contributed by atoms with Crippen molar-refractivity contribution in [3.05, 3.63) is 18.0 Å². The maximum Gasteiger partial charge on any atom is 0.227 e. The maximum atomic E-state index is 12.5. The number of hydrogen-bond acceptors (Lipinski definition) is 6. The smallest absolute Gasteiger partial charge is 0.227 e. The summed E-state index contributed by atoms with van der Waals surface area (Å²) in [6, 6.07) is 1.55. The molecule has 24 heavy (non-hydrogen) atoms. The summed E-state index contributed by atoms with van der Waals surface area (Å²) in [6.45, 7) is 3.28. The molecule has 1 unspecified atom stereocenters. The van der Waals surface area contributed by atoms with Crippen molar-refractivity contribution in [2.75, 3.05) is 39.3 Å². The molecule has 0 saturated carbocycles. The Balaban J connectivity index is 0.00000208. The first-order valence-corrected chi connectivity index (χ1v) is 9.54. The number of halogens is 1. The summed E-state index contributed by atoms with van der Waals surface area (Å²) >= 11 is 0. The fraction of sp³-hybridized carbons (Fsp3) is 0.714. The van der Waals surface area contributed by atoms with Gasteiger partial charge in [-0.1, -0.05) is 5.16 Å². The van der Waals surface area contributed by atoms with Crippen molar-refractivity contribution in [3.63, 3.8) is 0 Å². The minimum absolute atomic E-state index is 0. The Labute approximate surface area is 148 Å². The van der Waals surface area contributed by atoms with Crippen molar-refractivity contribution < 1.29 is 17.7 Å². The topological polar surface area (TPSA) is 95.8 Å². The lowest BCUT2D eigenvalue weighted by Gasteiger charge is -2.36. The van der Waals surface area contributed by atoms with Crippen LogP contribution in [0, 0.1) is 5.92 Å². The van der Waals surface area contributed by atoms with Crippen LogP contribution in [0.15, 0.2) is 16.9 Å². The van der Waals surface area contributed by atoms with E-state index < -0.39 is 10.0 Å². The molecular weight excluding hydrogens is 356 g/mol. The third kappa shape index (κ3) is 4.47. The second-order valence-corrected chi connectivity index (χ2v) is 7.98. The maximum absolute atomic E-state index is 12.5. The molecule has 2 fully saturated rings. The number of carbonyl (C=O) groups excluding carboxylic acids is 1. The molecule has 0 spiro atoms. The van der Waals surface area contributed by atoms with Crippen molar-refractivity contribution in [1.29, 1.82) is 0 Å². The average molecular weight is 379 g/mol. The molecular formula is C14H23ClN4O4S. The van der Waals surface area contributed by atoms with Gasteiger partial charge in [-0.05, 0) is 19.4 Å². The Morgan fingerprint density at radius 2 is 2.08 bits per heavy atom. The molecule has 1 aromatic rings. The zero-order valence-corrected chi connectivity index (χ0v) is 15.0. The summed E-state index contributed by atoms with van der Waals surface area (Å²) in [5, 5.41) is 6.89. The van der Waals surface area contributed by atoms with Crippen LogP contribution in [0.4, 0.5) is 0 Å². The minimum atomic E-state index is -3.42. The van der Waals surface area contributed by atoms with Gasteiger partial charge < -0.3 is 14.7 Å². The molecule has 3 rings (SSSR count). The highest BCUT2D eigenvalue weighted by Crippen LogP contribution is 2.17. The molecule has 0 aromatic carbocycles. The third-order valence-corrected chi connectivity index (χ3v) is 6.22. The van der Waals surface area contributed by atoms with Crippen molar-refractivity contribution in [1.82, 2.24) is 19.7 Å². The molecule has 2 aliphatic heterocycles. The SMILES string of the molecule is Cl.O=C(C1CCCNC1)N1CCN(S(=O)(=O)Cc2ccon2)CC1. The number of nitrogens with one attached hydrogen (secondary N) is 1. The monoisotopic (exact) mass is 378 g/mol. The number of amides is 1. The van der Waals surface area contributed by atoms with E-state index in [0.29, 0.717) is 31.9 Å². The van der Waals surface area contributed by atoms with E-state index in [4.69, 9.17) is 0 Å². The van der Waals surface area contributed by atoms with Crippen LogP contribution in [-0.4, -0.2) is 68.0 Å². The van der Waals surface area contributed by atoms with Crippen LogP contribution in [0.25, 0.3) is 0 Å². The number of rotatable bonds is 4. The zero-order valence-electron chi connectivity index (χ0n) is 13.4. The summed E-state index contributed by atoms with van der Waals surface area (Å²) in [4.78, 5) is 14.3. The molecule has 1 N–H and O–H groups in total. The molecule has 0 radical (unpaired) electrons. The van der Waals surface area contributed by atoms with Crippen LogP contribution in [-0.2, 0) is 20.6 Å². The Hall–Kier alpha value is -1.16. The minimum Gasteiger partial charge on any atom is -0.364 e. The lowest BCUT2D eigenvalue weighted by atomic mass is 9.98. The predicted molar refractivity (Wildman–Crippen MR) is 90.1 cm³/mol. The highest BCUT2D eigenvalue weighted by Gasteiger charge is 2.32.